The first-order chi connectivity index (χ1) is 9.40. The third-order valence-electron chi connectivity index (χ3n) is 2.09. The quantitative estimate of drug-likeness (QED) is 0.375. The second kappa shape index (κ2) is 6.78. The lowest BCUT2D eigenvalue weighted by Crippen LogP contribution is -2.16. The maximum absolute atomic E-state index is 10.8. The van der Waals surface area contributed by atoms with Gasteiger partial charge >= 0.3 is 11.9 Å². The normalized spacial score (nSPS) is 10.9. The molecular weight excluding hydrogens is 272 g/mol. The number of aliphatic carboxylic acids is 2. The van der Waals surface area contributed by atoms with Crippen LogP contribution in [-0.2, 0) is 9.59 Å². The van der Waals surface area contributed by atoms with Crippen molar-refractivity contribution in [3.63, 3.8) is 0 Å². The van der Waals surface area contributed by atoms with Gasteiger partial charge in [0.05, 0.1) is 11.3 Å². The standard InChI is InChI=1S/C10H10N4O6/c15-9(16)4-2-7(10(17)18)12-13-8-3-1-6(5-11-8)14(19)20/h1,3,5H,2,4H2,(H,11,13)(H,15,16)(H,17,18)/b12-7-. The van der Waals surface area contributed by atoms with E-state index in [2.05, 4.69) is 15.5 Å². The van der Waals surface area contributed by atoms with Gasteiger partial charge in [-0.15, -0.1) is 0 Å². The van der Waals surface area contributed by atoms with Crippen molar-refractivity contribution in [2.24, 2.45) is 5.10 Å². The van der Waals surface area contributed by atoms with Gasteiger partial charge in [0.25, 0.3) is 5.69 Å². The Balaban J connectivity index is 2.73. The molecule has 0 aliphatic carbocycles. The summed E-state index contributed by atoms with van der Waals surface area (Å²) < 4.78 is 0. The van der Waals surface area contributed by atoms with E-state index < -0.39 is 16.9 Å². The topological polar surface area (TPSA) is 155 Å². The summed E-state index contributed by atoms with van der Waals surface area (Å²) in [6, 6.07) is 2.42. The zero-order valence-corrected chi connectivity index (χ0v) is 10.0. The molecule has 0 atom stereocenters. The summed E-state index contributed by atoms with van der Waals surface area (Å²) >= 11 is 0. The fourth-order valence-corrected chi connectivity index (χ4v) is 1.12. The zero-order chi connectivity index (χ0) is 15.1. The van der Waals surface area contributed by atoms with E-state index in [4.69, 9.17) is 10.2 Å². The van der Waals surface area contributed by atoms with Crippen molar-refractivity contribution >= 4 is 29.2 Å². The molecule has 0 saturated carbocycles. The molecule has 0 saturated heterocycles. The number of hydrazone groups is 1. The van der Waals surface area contributed by atoms with Gasteiger partial charge in [-0.25, -0.2) is 9.78 Å². The van der Waals surface area contributed by atoms with Crippen LogP contribution in [0.4, 0.5) is 11.5 Å². The molecule has 10 nitrogen and oxygen atoms in total. The smallest absolute Gasteiger partial charge is 0.352 e. The number of pyridine rings is 1. The van der Waals surface area contributed by atoms with E-state index in [1.165, 1.54) is 12.1 Å². The van der Waals surface area contributed by atoms with Crippen molar-refractivity contribution in [3.05, 3.63) is 28.4 Å². The van der Waals surface area contributed by atoms with Gasteiger partial charge in [-0.1, -0.05) is 0 Å². The van der Waals surface area contributed by atoms with Crippen molar-refractivity contribution in [3.8, 4) is 0 Å². The van der Waals surface area contributed by atoms with E-state index in [0.717, 1.165) is 6.20 Å². The number of nitrogens with one attached hydrogen (secondary N) is 1. The number of hydrogen-bond acceptors (Lipinski definition) is 7. The molecule has 0 radical (unpaired) electrons. The molecule has 0 aliphatic heterocycles. The van der Waals surface area contributed by atoms with Gasteiger partial charge in [0.2, 0.25) is 0 Å². The summed E-state index contributed by atoms with van der Waals surface area (Å²) in [5.74, 6) is -2.40. The predicted octanol–water partition coefficient (Wildman–Crippen LogP) is 0.707. The fraction of sp³-hybridized carbons (Fsp3) is 0.200. The van der Waals surface area contributed by atoms with Crippen LogP contribution in [0.15, 0.2) is 23.4 Å². The Kier molecular flexibility index (Phi) is 5.09. The molecule has 0 spiro atoms. The first-order valence-electron chi connectivity index (χ1n) is 5.28. The molecule has 1 rings (SSSR count). The number of rotatable bonds is 7. The van der Waals surface area contributed by atoms with Crippen LogP contribution in [0.5, 0.6) is 0 Å². The molecular formula is C10H10N4O6. The second-order valence-corrected chi connectivity index (χ2v) is 3.53. The summed E-state index contributed by atoms with van der Waals surface area (Å²) in [7, 11) is 0. The number of carboxylic acids is 2. The Morgan fingerprint density at radius 2 is 2.05 bits per heavy atom. The van der Waals surface area contributed by atoms with Crippen LogP contribution in [0.1, 0.15) is 12.8 Å². The molecule has 106 valence electrons. The van der Waals surface area contributed by atoms with Gasteiger partial charge in [0, 0.05) is 12.5 Å². The van der Waals surface area contributed by atoms with Gasteiger partial charge in [0.1, 0.15) is 17.7 Å². The van der Waals surface area contributed by atoms with Gasteiger partial charge < -0.3 is 10.2 Å². The van der Waals surface area contributed by atoms with E-state index in [0.29, 0.717) is 0 Å². The molecule has 0 aromatic carbocycles. The fourth-order valence-electron chi connectivity index (χ4n) is 1.12. The second-order valence-electron chi connectivity index (χ2n) is 3.53. The van der Waals surface area contributed by atoms with Crippen LogP contribution in [0.25, 0.3) is 0 Å². The number of hydrogen-bond donors (Lipinski definition) is 3. The average molecular weight is 282 g/mol. The zero-order valence-electron chi connectivity index (χ0n) is 10.0. The Hall–Kier alpha value is -3.04. The SMILES string of the molecule is O=C(O)CC/C(=N/Nc1ccc([N+](=O)[O-])cn1)C(=O)O. The van der Waals surface area contributed by atoms with Crippen LogP contribution < -0.4 is 5.43 Å². The van der Waals surface area contributed by atoms with Crippen molar-refractivity contribution < 1.29 is 24.7 Å². The molecule has 3 N–H and O–H groups in total. The Labute approximate surface area is 111 Å². The molecule has 1 heterocycles. The molecule has 0 unspecified atom stereocenters. The van der Waals surface area contributed by atoms with Gasteiger partial charge in [-0.2, -0.15) is 5.10 Å². The van der Waals surface area contributed by atoms with Crippen molar-refractivity contribution in [2.75, 3.05) is 5.43 Å². The summed E-state index contributed by atoms with van der Waals surface area (Å²) in [6.45, 7) is 0. The Morgan fingerprint density at radius 1 is 1.35 bits per heavy atom. The van der Waals surface area contributed by atoms with Crippen molar-refractivity contribution in [2.45, 2.75) is 12.8 Å². The van der Waals surface area contributed by atoms with E-state index >= 15 is 0 Å². The van der Waals surface area contributed by atoms with Crippen molar-refractivity contribution in [1.29, 1.82) is 0 Å². The molecule has 0 fully saturated rings. The van der Waals surface area contributed by atoms with Gasteiger partial charge in [-0.05, 0) is 6.07 Å². The largest absolute Gasteiger partial charge is 0.481 e. The summed E-state index contributed by atoms with van der Waals surface area (Å²) in [4.78, 5) is 34.6. The Morgan fingerprint density at radius 3 is 2.50 bits per heavy atom. The maximum atomic E-state index is 10.8. The first-order valence-corrected chi connectivity index (χ1v) is 5.28. The summed E-state index contributed by atoms with van der Waals surface area (Å²) in [6.07, 6.45) is 0.348. The van der Waals surface area contributed by atoms with Crippen LogP contribution in [0.2, 0.25) is 0 Å². The highest BCUT2D eigenvalue weighted by Gasteiger charge is 2.12. The van der Waals surface area contributed by atoms with Crippen LogP contribution >= 0.6 is 0 Å². The summed E-state index contributed by atoms with van der Waals surface area (Å²) in [5, 5.41) is 31.2. The lowest BCUT2D eigenvalue weighted by molar-refractivity contribution is -0.385. The average Bonchev–Trinajstić information content (AvgIpc) is 2.38. The highest BCUT2D eigenvalue weighted by Crippen LogP contribution is 2.11. The molecule has 0 bridgehead atoms. The number of carboxylic acid groups (broad SMARTS) is 2. The van der Waals surface area contributed by atoms with E-state index in [1.54, 1.807) is 0 Å². The third kappa shape index (κ3) is 4.68. The lowest BCUT2D eigenvalue weighted by Gasteiger charge is -2.02. The minimum absolute atomic E-state index is 0.102. The molecule has 0 aliphatic rings. The maximum Gasteiger partial charge on any atom is 0.352 e. The van der Waals surface area contributed by atoms with Crippen LogP contribution in [0.3, 0.4) is 0 Å². The van der Waals surface area contributed by atoms with E-state index in [1.807, 2.05) is 0 Å². The van der Waals surface area contributed by atoms with Crippen LogP contribution in [-0.4, -0.2) is 37.8 Å². The van der Waals surface area contributed by atoms with Crippen molar-refractivity contribution in [1.82, 2.24) is 4.98 Å². The summed E-state index contributed by atoms with van der Waals surface area (Å²) in [5.41, 5.74) is 1.70. The highest BCUT2D eigenvalue weighted by molar-refractivity contribution is 6.35. The highest BCUT2D eigenvalue weighted by atomic mass is 16.6. The molecule has 0 amide bonds. The molecule has 20 heavy (non-hydrogen) atoms. The monoisotopic (exact) mass is 282 g/mol. The first kappa shape index (κ1) is 15.0. The number of aromatic nitrogens is 1. The lowest BCUT2D eigenvalue weighted by atomic mass is 10.2. The number of anilines is 1. The molecule has 10 heteroatoms. The minimum atomic E-state index is -1.36. The van der Waals surface area contributed by atoms with E-state index in [-0.39, 0.29) is 30.1 Å². The van der Waals surface area contributed by atoms with Gasteiger partial charge in [-0.3, -0.25) is 20.3 Å². The predicted molar refractivity (Wildman–Crippen MR) is 66.5 cm³/mol. The van der Waals surface area contributed by atoms with Gasteiger partial charge in [0.15, 0.2) is 0 Å². The van der Waals surface area contributed by atoms with Crippen LogP contribution in [0, 0.1) is 10.1 Å². The molecule has 1 aromatic heterocycles. The van der Waals surface area contributed by atoms with E-state index in [9.17, 15) is 19.7 Å². The number of carbonyl (C=O) groups is 2. The minimum Gasteiger partial charge on any atom is -0.481 e. The Bertz CT molecular complexity index is 553. The number of nitro groups is 1. The molecule has 1 aromatic rings. The third-order valence-corrected chi connectivity index (χ3v) is 2.09. The number of nitrogens with zero attached hydrogens (tertiary/aromatic N) is 3.